The van der Waals surface area contributed by atoms with E-state index in [0.717, 1.165) is 15.8 Å². The lowest BCUT2D eigenvalue weighted by Gasteiger charge is -2.08. The Morgan fingerprint density at radius 3 is 2.23 bits per heavy atom. The van der Waals surface area contributed by atoms with Crippen LogP contribution < -0.4 is 21.9 Å². The molecule has 0 amide bonds. The van der Waals surface area contributed by atoms with Gasteiger partial charge < -0.3 is 21.9 Å². The second-order valence-corrected chi connectivity index (χ2v) is 5.43. The van der Waals surface area contributed by atoms with Crippen LogP contribution in [0, 0.1) is 6.92 Å². The van der Waals surface area contributed by atoms with Crippen LogP contribution in [-0.4, -0.2) is 11.9 Å². The summed E-state index contributed by atoms with van der Waals surface area (Å²) < 4.78 is 6.77. The molecule has 0 saturated carbocycles. The highest BCUT2D eigenvalue weighted by Gasteiger charge is 2.03. The molecule has 2 aromatic rings. The molecular weight excluding hydrogens is 346 g/mol. The number of rotatable bonds is 3. The van der Waals surface area contributed by atoms with Crippen molar-refractivity contribution in [1.29, 1.82) is 0 Å². The number of aliphatic imine (C=N–C) groups is 2. The zero-order valence-corrected chi connectivity index (χ0v) is 13.5. The van der Waals surface area contributed by atoms with Gasteiger partial charge in [-0.1, -0.05) is 15.9 Å². The highest BCUT2D eigenvalue weighted by atomic mass is 79.9. The summed E-state index contributed by atoms with van der Waals surface area (Å²) in [5.41, 5.74) is 17.7. The van der Waals surface area contributed by atoms with E-state index >= 15 is 0 Å². The molecule has 7 heteroatoms. The minimum absolute atomic E-state index is 0.00433. The number of ether oxygens (including phenoxy) is 1. The van der Waals surface area contributed by atoms with Crippen LogP contribution in [0.25, 0.3) is 0 Å². The first-order valence-electron chi connectivity index (χ1n) is 6.42. The number of aryl methyl sites for hydroxylation is 1. The first kappa shape index (κ1) is 15.8. The Balaban J connectivity index is 2.19. The van der Waals surface area contributed by atoms with Crippen molar-refractivity contribution in [3.05, 3.63) is 52.5 Å². The first-order valence-corrected chi connectivity index (χ1v) is 7.21. The Morgan fingerprint density at radius 2 is 1.64 bits per heavy atom. The minimum Gasteiger partial charge on any atom is -0.457 e. The van der Waals surface area contributed by atoms with Gasteiger partial charge >= 0.3 is 0 Å². The van der Waals surface area contributed by atoms with Crippen molar-refractivity contribution in [2.24, 2.45) is 27.2 Å². The van der Waals surface area contributed by atoms with Gasteiger partial charge in [0.1, 0.15) is 11.5 Å². The van der Waals surface area contributed by atoms with Crippen LogP contribution in [0.4, 0.5) is 5.69 Å². The lowest BCUT2D eigenvalue weighted by atomic mass is 10.2. The van der Waals surface area contributed by atoms with Gasteiger partial charge in [0.2, 0.25) is 5.96 Å². The lowest BCUT2D eigenvalue weighted by Crippen LogP contribution is -2.26. The quantitative estimate of drug-likeness (QED) is 0.576. The second-order valence-electron chi connectivity index (χ2n) is 4.51. The molecule has 6 nitrogen and oxygen atoms in total. The van der Waals surface area contributed by atoms with Gasteiger partial charge in [0.15, 0.2) is 5.96 Å². The number of hydrogen-bond donors (Lipinski definition) is 3. The summed E-state index contributed by atoms with van der Waals surface area (Å²) in [4.78, 5) is 7.82. The topological polar surface area (TPSA) is 112 Å². The molecule has 0 radical (unpaired) electrons. The van der Waals surface area contributed by atoms with Crippen molar-refractivity contribution in [1.82, 2.24) is 0 Å². The third kappa shape index (κ3) is 4.49. The fourth-order valence-corrected chi connectivity index (χ4v) is 2.00. The third-order valence-electron chi connectivity index (χ3n) is 2.70. The van der Waals surface area contributed by atoms with Crippen molar-refractivity contribution >= 4 is 33.5 Å². The molecule has 0 saturated heterocycles. The molecule has 0 aliphatic carbocycles. The zero-order chi connectivity index (χ0) is 16.1. The van der Waals surface area contributed by atoms with Gasteiger partial charge in [0.25, 0.3) is 0 Å². The Bertz CT molecular complexity index is 721. The van der Waals surface area contributed by atoms with Crippen LogP contribution in [0.2, 0.25) is 0 Å². The van der Waals surface area contributed by atoms with E-state index in [9.17, 15) is 0 Å². The van der Waals surface area contributed by atoms with Gasteiger partial charge in [-0.15, -0.1) is 0 Å². The first-order chi connectivity index (χ1) is 10.4. The number of nitrogens with zero attached hydrogens (tertiary/aromatic N) is 2. The molecule has 2 aromatic carbocycles. The summed E-state index contributed by atoms with van der Waals surface area (Å²) in [6.07, 6.45) is 0. The number of benzene rings is 2. The van der Waals surface area contributed by atoms with Crippen LogP contribution >= 0.6 is 15.9 Å². The van der Waals surface area contributed by atoms with Crippen LogP contribution in [0.3, 0.4) is 0 Å². The summed E-state index contributed by atoms with van der Waals surface area (Å²) >= 11 is 3.38. The number of guanidine groups is 2. The molecule has 0 unspecified atom stereocenters. The SMILES string of the molecule is Cc1cc(Oc2ccc(Br)cc2)ccc1N=C(N)N=C(N)N. The number of nitrogens with two attached hydrogens (primary N) is 3. The fraction of sp³-hybridized carbons (Fsp3) is 0.0667. The molecule has 0 bridgehead atoms. The molecule has 0 aromatic heterocycles. The maximum atomic E-state index is 5.77. The Kier molecular flexibility index (Phi) is 5.00. The predicted molar refractivity (Wildman–Crippen MR) is 92.5 cm³/mol. The molecule has 22 heavy (non-hydrogen) atoms. The molecular formula is C15H16BrN5O. The molecule has 0 atom stereocenters. The number of halogens is 1. The van der Waals surface area contributed by atoms with Gasteiger partial charge in [-0.25, -0.2) is 4.99 Å². The van der Waals surface area contributed by atoms with Gasteiger partial charge in [-0.05, 0) is 55.0 Å². The molecule has 0 heterocycles. The zero-order valence-electron chi connectivity index (χ0n) is 12.0. The van der Waals surface area contributed by atoms with Crippen molar-refractivity contribution in [2.45, 2.75) is 6.92 Å². The van der Waals surface area contributed by atoms with Crippen LogP contribution in [-0.2, 0) is 0 Å². The molecule has 114 valence electrons. The smallest absolute Gasteiger partial charge is 0.223 e. The monoisotopic (exact) mass is 361 g/mol. The van der Waals surface area contributed by atoms with Gasteiger partial charge in [0, 0.05) is 4.47 Å². The highest BCUT2D eigenvalue weighted by Crippen LogP contribution is 2.28. The van der Waals surface area contributed by atoms with Crippen molar-refractivity contribution in [3.63, 3.8) is 0 Å². The van der Waals surface area contributed by atoms with Crippen molar-refractivity contribution in [3.8, 4) is 11.5 Å². The molecule has 6 N–H and O–H groups in total. The second kappa shape index (κ2) is 6.95. The van der Waals surface area contributed by atoms with E-state index in [0.29, 0.717) is 11.4 Å². The average molecular weight is 362 g/mol. The van der Waals surface area contributed by atoms with Crippen molar-refractivity contribution in [2.75, 3.05) is 0 Å². The molecule has 0 fully saturated rings. The van der Waals surface area contributed by atoms with Gasteiger partial charge in [-0.2, -0.15) is 4.99 Å². The van der Waals surface area contributed by atoms with E-state index in [1.807, 2.05) is 37.3 Å². The highest BCUT2D eigenvalue weighted by molar-refractivity contribution is 9.10. The number of hydrogen-bond acceptors (Lipinski definition) is 2. The Morgan fingerprint density at radius 1 is 1.00 bits per heavy atom. The average Bonchev–Trinajstić information content (AvgIpc) is 2.43. The van der Waals surface area contributed by atoms with E-state index in [1.165, 1.54) is 0 Å². The van der Waals surface area contributed by atoms with E-state index in [1.54, 1.807) is 12.1 Å². The summed E-state index contributed by atoms with van der Waals surface area (Å²) in [6.45, 7) is 1.90. The van der Waals surface area contributed by atoms with Crippen LogP contribution in [0.5, 0.6) is 11.5 Å². The molecule has 0 aliphatic rings. The molecule has 0 aliphatic heterocycles. The summed E-state index contributed by atoms with van der Waals surface area (Å²) in [7, 11) is 0. The van der Waals surface area contributed by atoms with Gasteiger partial charge in [-0.3, -0.25) is 0 Å². The van der Waals surface area contributed by atoms with Crippen molar-refractivity contribution < 1.29 is 4.74 Å². The van der Waals surface area contributed by atoms with Gasteiger partial charge in [0.05, 0.1) is 5.69 Å². The standard InChI is InChI=1S/C15H16BrN5O/c1-9-8-12(22-11-4-2-10(16)3-5-11)6-7-13(9)20-15(19)21-14(17)18/h2-8H,1H3,(H6,17,18,19,20,21). The summed E-state index contributed by atoms with van der Waals surface area (Å²) in [5, 5.41) is 0. The van der Waals surface area contributed by atoms with Crippen LogP contribution in [0.1, 0.15) is 5.56 Å². The molecule has 0 spiro atoms. The third-order valence-corrected chi connectivity index (χ3v) is 3.22. The minimum atomic E-state index is -0.130. The Hall–Kier alpha value is -2.54. The van der Waals surface area contributed by atoms with E-state index < -0.39 is 0 Å². The predicted octanol–water partition coefficient (Wildman–Crippen LogP) is 2.77. The van der Waals surface area contributed by atoms with E-state index in [-0.39, 0.29) is 11.9 Å². The van der Waals surface area contributed by atoms with E-state index in [4.69, 9.17) is 21.9 Å². The fourth-order valence-electron chi connectivity index (χ4n) is 1.74. The maximum Gasteiger partial charge on any atom is 0.223 e. The lowest BCUT2D eigenvalue weighted by molar-refractivity contribution is 0.482. The van der Waals surface area contributed by atoms with E-state index in [2.05, 4.69) is 25.9 Å². The largest absolute Gasteiger partial charge is 0.457 e. The maximum absolute atomic E-state index is 5.77. The summed E-state index contributed by atoms with van der Waals surface area (Å²) in [6, 6.07) is 13.0. The Labute approximate surface area is 136 Å². The van der Waals surface area contributed by atoms with Crippen LogP contribution in [0.15, 0.2) is 56.9 Å². The summed E-state index contributed by atoms with van der Waals surface area (Å²) in [5.74, 6) is 1.33. The normalized spacial score (nSPS) is 11.1. The molecule has 2 rings (SSSR count).